The molecular weight excluding hydrogens is 184 g/mol. The van der Waals surface area contributed by atoms with Crippen molar-refractivity contribution in [3.63, 3.8) is 0 Å². The molecule has 1 fully saturated rings. The number of hydrogen-bond donors (Lipinski definition) is 1. The molecule has 1 aromatic heterocycles. The summed E-state index contributed by atoms with van der Waals surface area (Å²) in [6.45, 7) is 3.42. The van der Waals surface area contributed by atoms with Crippen LogP contribution in [0.5, 0.6) is 0 Å². The third-order valence-corrected chi connectivity index (χ3v) is 2.91. The Kier molecular flexibility index (Phi) is 3.38. The Morgan fingerprint density at radius 2 is 2.33 bits per heavy atom. The van der Waals surface area contributed by atoms with Crippen molar-refractivity contribution >= 4 is 6.08 Å². The quantitative estimate of drug-likeness (QED) is 0.757. The highest BCUT2D eigenvalue weighted by molar-refractivity contribution is 5.47. The van der Waals surface area contributed by atoms with Crippen molar-refractivity contribution in [2.45, 2.75) is 26.2 Å². The van der Waals surface area contributed by atoms with Crippen LogP contribution in [0.2, 0.25) is 0 Å². The number of pyridine rings is 1. The Balaban J connectivity index is 2.06. The van der Waals surface area contributed by atoms with E-state index in [1.54, 1.807) is 0 Å². The van der Waals surface area contributed by atoms with Crippen LogP contribution in [0, 0.1) is 5.92 Å². The lowest BCUT2D eigenvalue weighted by Gasteiger charge is -2.05. The Morgan fingerprint density at radius 1 is 1.40 bits per heavy atom. The Labute approximate surface area is 91.4 Å². The summed E-state index contributed by atoms with van der Waals surface area (Å²) in [5.41, 5.74) is 2.38. The fourth-order valence-electron chi connectivity index (χ4n) is 1.88. The first-order valence-corrected chi connectivity index (χ1v) is 5.70. The van der Waals surface area contributed by atoms with E-state index in [0.29, 0.717) is 0 Å². The van der Waals surface area contributed by atoms with E-state index in [1.165, 1.54) is 18.5 Å². The topological polar surface area (TPSA) is 24.9 Å². The van der Waals surface area contributed by atoms with Crippen molar-refractivity contribution in [2.24, 2.45) is 5.92 Å². The van der Waals surface area contributed by atoms with Crippen molar-refractivity contribution in [3.8, 4) is 0 Å². The van der Waals surface area contributed by atoms with Crippen LogP contribution in [0.1, 0.15) is 31.9 Å². The summed E-state index contributed by atoms with van der Waals surface area (Å²) >= 11 is 0. The smallest absolute Gasteiger partial charge is 0.0646 e. The lowest BCUT2D eigenvalue weighted by Crippen LogP contribution is -2.12. The molecule has 2 heterocycles. The van der Waals surface area contributed by atoms with Gasteiger partial charge in [-0.1, -0.05) is 13.0 Å². The number of rotatable bonds is 1. The van der Waals surface area contributed by atoms with Crippen LogP contribution in [0.3, 0.4) is 0 Å². The fraction of sp³-hybridized carbons (Fsp3) is 0.462. The van der Waals surface area contributed by atoms with Gasteiger partial charge >= 0.3 is 0 Å². The highest BCUT2D eigenvalue weighted by Crippen LogP contribution is 2.18. The highest BCUT2D eigenvalue weighted by Gasteiger charge is 2.09. The summed E-state index contributed by atoms with van der Waals surface area (Å²) in [7, 11) is 0. The maximum atomic E-state index is 4.31. The fourth-order valence-corrected chi connectivity index (χ4v) is 1.88. The SMILES string of the molecule is CC1CCN/C(=C/c2ccccn2)CC1. The summed E-state index contributed by atoms with van der Waals surface area (Å²) in [4.78, 5) is 4.31. The second-order valence-electron chi connectivity index (χ2n) is 4.28. The van der Waals surface area contributed by atoms with Crippen molar-refractivity contribution in [2.75, 3.05) is 6.54 Å². The molecule has 0 aromatic carbocycles. The molecule has 1 unspecified atom stereocenters. The molecule has 0 spiro atoms. The van der Waals surface area contributed by atoms with Crippen LogP contribution in [-0.2, 0) is 0 Å². The van der Waals surface area contributed by atoms with Crippen LogP contribution >= 0.6 is 0 Å². The monoisotopic (exact) mass is 202 g/mol. The molecule has 2 rings (SSSR count). The van der Waals surface area contributed by atoms with Crippen LogP contribution < -0.4 is 5.32 Å². The standard InChI is InChI=1S/C13H18N2/c1-11-5-6-13(15-9-7-11)10-12-4-2-3-8-14-12/h2-4,8,10-11,15H,5-7,9H2,1H3/b13-10+. The minimum atomic E-state index is 0.840. The van der Waals surface area contributed by atoms with Crippen LogP contribution in [-0.4, -0.2) is 11.5 Å². The van der Waals surface area contributed by atoms with Gasteiger partial charge in [-0.3, -0.25) is 4.98 Å². The van der Waals surface area contributed by atoms with Gasteiger partial charge in [0.2, 0.25) is 0 Å². The molecule has 1 atom stereocenters. The molecule has 15 heavy (non-hydrogen) atoms. The maximum Gasteiger partial charge on any atom is 0.0646 e. The lowest BCUT2D eigenvalue weighted by molar-refractivity contribution is 0.520. The third kappa shape index (κ3) is 3.08. The van der Waals surface area contributed by atoms with Crippen LogP contribution in [0.4, 0.5) is 0 Å². The van der Waals surface area contributed by atoms with E-state index >= 15 is 0 Å². The molecule has 0 bridgehead atoms. The van der Waals surface area contributed by atoms with E-state index in [4.69, 9.17) is 0 Å². The third-order valence-electron chi connectivity index (χ3n) is 2.91. The molecule has 2 nitrogen and oxygen atoms in total. The van der Waals surface area contributed by atoms with E-state index < -0.39 is 0 Å². The van der Waals surface area contributed by atoms with Gasteiger partial charge in [-0.15, -0.1) is 0 Å². The number of nitrogens with one attached hydrogen (secondary N) is 1. The molecule has 1 aromatic rings. The molecule has 2 heteroatoms. The molecule has 1 saturated heterocycles. The minimum absolute atomic E-state index is 0.840. The summed E-state index contributed by atoms with van der Waals surface area (Å²) in [5.74, 6) is 0.840. The van der Waals surface area contributed by atoms with Gasteiger partial charge in [0.05, 0.1) is 5.69 Å². The molecule has 0 amide bonds. The molecule has 0 radical (unpaired) electrons. The summed E-state index contributed by atoms with van der Waals surface area (Å²) in [6.07, 6.45) is 7.72. The van der Waals surface area contributed by atoms with Crippen molar-refractivity contribution in [1.82, 2.24) is 10.3 Å². The molecular formula is C13H18N2. The van der Waals surface area contributed by atoms with E-state index in [-0.39, 0.29) is 0 Å². The summed E-state index contributed by atoms with van der Waals surface area (Å²) in [6, 6.07) is 6.02. The first-order chi connectivity index (χ1) is 7.34. The molecule has 1 aliphatic heterocycles. The molecule has 1 aliphatic rings. The Hall–Kier alpha value is -1.31. The zero-order valence-corrected chi connectivity index (χ0v) is 9.24. The van der Waals surface area contributed by atoms with Crippen molar-refractivity contribution < 1.29 is 0 Å². The van der Waals surface area contributed by atoms with Crippen LogP contribution in [0.15, 0.2) is 30.1 Å². The normalized spacial score (nSPS) is 24.6. The van der Waals surface area contributed by atoms with Gasteiger partial charge < -0.3 is 5.32 Å². The second kappa shape index (κ2) is 4.96. The zero-order chi connectivity index (χ0) is 10.5. The van der Waals surface area contributed by atoms with Gasteiger partial charge in [0.25, 0.3) is 0 Å². The van der Waals surface area contributed by atoms with E-state index in [2.05, 4.69) is 23.3 Å². The number of hydrogen-bond acceptors (Lipinski definition) is 2. The Morgan fingerprint density at radius 3 is 3.13 bits per heavy atom. The van der Waals surface area contributed by atoms with Gasteiger partial charge in [0.15, 0.2) is 0 Å². The number of aromatic nitrogens is 1. The molecule has 1 N–H and O–H groups in total. The van der Waals surface area contributed by atoms with E-state index in [1.807, 2.05) is 24.4 Å². The van der Waals surface area contributed by atoms with Crippen molar-refractivity contribution in [3.05, 3.63) is 35.8 Å². The predicted octanol–water partition coefficient (Wildman–Crippen LogP) is 2.83. The first kappa shape index (κ1) is 10.2. The van der Waals surface area contributed by atoms with Gasteiger partial charge in [-0.2, -0.15) is 0 Å². The van der Waals surface area contributed by atoms with Gasteiger partial charge in [-0.05, 0) is 43.4 Å². The average molecular weight is 202 g/mol. The maximum absolute atomic E-state index is 4.31. The minimum Gasteiger partial charge on any atom is -0.388 e. The van der Waals surface area contributed by atoms with Gasteiger partial charge in [0.1, 0.15) is 0 Å². The van der Waals surface area contributed by atoms with E-state index in [9.17, 15) is 0 Å². The first-order valence-electron chi connectivity index (χ1n) is 5.70. The number of nitrogens with zero attached hydrogens (tertiary/aromatic N) is 1. The summed E-state index contributed by atoms with van der Waals surface area (Å²) < 4.78 is 0. The van der Waals surface area contributed by atoms with E-state index in [0.717, 1.165) is 24.6 Å². The Bertz CT molecular complexity index is 330. The summed E-state index contributed by atoms with van der Waals surface area (Å²) in [5, 5.41) is 3.48. The van der Waals surface area contributed by atoms with Crippen molar-refractivity contribution in [1.29, 1.82) is 0 Å². The average Bonchev–Trinajstić information content (AvgIpc) is 2.46. The van der Waals surface area contributed by atoms with Gasteiger partial charge in [-0.25, -0.2) is 0 Å². The molecule has 80 valence electrons. The van der Waals surface area contributed by atoms with Gasteiger partial charge in [0, 0.05) is 18.4 Å². The molecule has 0 aliphatic carbocycles. The predicted molar refractivity (Wildman–Crippen MR) is 63.2 cm³/mol. The largest absolute Gasteiger partial charge is 0.388 e. The molecule has 0 saturated carbocycles. The highest BCUT2D eigenvalue weighted by atomic mass is 14.9. The zero-order valence-electron chi connectivity index (χ0n) is 9.24. The second-order valence-corrected chi connectivity index (χ2v) is 4.28. The lowest BCUT2D eigenvalue weighted by atomic mass is 10.0. The van der Waals surface area contributed by atoms with Crippen LogP contribution in [0.25, 0.3) is 6.08 Å². The number of allylic oxidation sites excluding steroid dienone is 1.